The van der Waals surface area contributed by atoms with Gasteiger partial charge in [0.15, 0.2) is 10.4 Å². The van der Waals surface area contributed by atoms with E-state index in [1.165, 1.54) is 4.90 Å². The summed E-state index contributed by atoms with van der Waals surface area (Å²) in [6.45, 7) is 5.40. The number of likely N-dealkylation sites (tertiary alicyclic amines) is 1. The number of hydrogen-bond acceptors (Lipinski definition) is 4. The van der Waals surface area contributed by atoms with Crippen LogP contribution in [0.2, 0.25) is 0 Å². The SMILES string of the molecule is CN(CC(=O)N1CCC(N)C(C)(C)C1)C(=O)c1ccc(Br)o1.Cl. The van der Waals surface area contributed by atoms with Gasteiger partial charge in [-0.2, -0.15) is 0 Å². The zero-order valence-corrected chi connectivity index (χ0v) is 15.9. The molecule has 23 heavy (non-hydrogen) atoms. The van der Waals surface area contributed by atoms with Gasteiger partial charge in [-0.3, -0.25) is 9.59 Å². The second-order valence-corrected chi connectivity index (χ2v) is 7.25. The van der Waals surface area contributed by atoms with Gasteiger partial charge in [0, 0.05) is 26.2 Å². The molecule has 1 fully saturated rings. The van der Waals surface area contributed by atoms with Crippen LogP contribution in [0.5, 0.6) is 0 Å². The minimum atomic E-state index is -0.313. The van der Waals surface area contributed by atoms with Gasteiger partial charge in [0.05, 0.1) is 6.54 Å². The van der Waals surface area contributed by atoms with E-state index in [0.717, 1.165) is 6.42 Å². The minimum absolute atomic E-state index is 0. The zero-order chi connectivity index (χ0) is 16.5. The highest BCUT2D eigenvalue weighted by atomic mass is 79.9. The summed E-state index contributed by atoms with van der Waals surface area (Å²) < 4.78 is 5.71. The van der Waals surface area contributed by atoms with E-state index in [1.807, 2.05) is 0 Å². The summed E-state index contributed by atoms with van der Waals surface area (Å²) in [4.78, 5) is 27.7. The third-order valence-electron chi connectivity index (χ3n) is 4.17. The van der Waals surface area contributed by atoms with Crippen molar-refractivity contribution in [3.63, 3.8) is 0 Å². The fraction of sp³-hybridized carbons (Fsp3) is 0.600. The maximum absolute atomic E-state index is 12.4. The molecule has 1 aliphatic heterocycles. The first-order chi connectivity index (χ1) is 10.2. The lowest BCUT2D eigenvalue weighted by molar-refractivity contribution is -0.135. The molecule has 0 spiro atoms. The lowest BCUT2D eigenvalue weighted by Gasteiger charge is -2.42. The summed E-state index contributed by atoms with van der Waals surface area (Å²) in [5, 5.41) is 0. The Morgan fingerprint density at radius 3 is 2.65 bits per heavy atom. The monoisotopic (exact) mass is 407 g/mol. The second-order valence-electron chi connectivity index (χ2n) is 6.46. The van der Waals surface area contributed by atoms with Gasteiger partial charge < -0.3 is 20.0 Å². The first kappa shape index (κ1) is 20.0. The fourth-order valence-electron chi connectivity index (χ4n) is 2.58. The molecule has 1 saturated heterocycles. The number of nitrogens with zero attached hydrogens (tertiary/aromatic N) is 2. The Balaban J connectivity index is 0.00000264. The molecule has 2 heterocycles. The van der Waals surface area contributed by atoms with Gasteiger partial charge in [0.2, 0.25) is 5.91 Å². The van der Waals surface area contributed by atoms with E-state index in [1.54, 1.807) is 24.1 Å². The molecule has 1 atom stereocenters. The minimum Gasteiger partial charge on any atom is -0.444 e. The van der Waals surface area contributed by atoms with E-state index in [0.29, 0.717) is 17.8 Å². The van der Waals surface area contributed by atoms with Gasteiger partial charge in [-0.25, -0.2) is 0 Å². The van der Waals surface area contributed by atoms with Crippen LogP contribution >= 0.6 is 28.3 Å². The molecule has 2 rings (SSSR count). The molecule has 1 aromatic rings. The Labute approximate surface area is 150 Å². The molecule has 1 unspecified atom stereocenters. The molecule has 0 saturated carbocycles. The second kappa shape index (κ2) is 7.68. The standard InChI is InChI=1S/C15H22BrN3O3.ClH/c1-15(2)9-19(7-6-11(15)17)13(20)8-18(3)14(21)10-4-5-12(16)22-10;/h4-5,11H,6-9,17H2,1-3H3;1H. The largest absolute Gasteiger partial charge is 0.444 e. The molecule has 130 valence electrons. The van der Waals surface area contributed by atoms with Gasteiger partial charge in [-0.15, -0.1) is 12.4 Å². The molecule has 0 radical (unpaired) electrons. The van der Waals surface area contributed by atoms with E-state index in [2.05, 4.69) is 29.8 Å². The Morgan fingerprint density at radius 1 is 1.48 bits per heavy atom. The third kappa shape index (κ3) is 4.71. The van der Waals surface area contributed by atoms with E-state index >= 15 is 0 Å². The Hall–Kier alpha value is -1.05. The Kier molecular flexibility index (Phi) is 6.68. The first-order valence-corrected chi connectivity index (χ1v) is 8.04. The lowest BCUT2D eigenvalue weighted by Crippen LogP contribution is -2.55. The normalized spacial score (nSPS) is 19.9. The number of nitrogens with two attached hydrogens (primary N) is 1. The molecule has 0 aliphatic carbocycles. The van der Waals surface area contributed by atoms with Crippen molar-refractivity contribution in [1.82, 2.24) is 9.80 Å². The van der Waals surface area contributed by atoms with Crippen molar-refractivity contribution in [1.29, 1.82) is 0 Å². The predicted molar refractivity (Wildman–Crippen MR) is 93.6 cm³/mol. The number of carbonyl (C=O) groups excluding carboxylic acids is 2. The van der Waals surface area contributed by atoms with Crippen LogP contribution < -0.4 is 5.73 Å². The number of furan rings is 1. The first-order valence-electron chi connectivity index (χ1n) is 7.25. The zero-order valence-electron chi connectivity index (χ0n) is 13.5. The molecule has 1 aliphatic rings. The smallest absolute Gasteiger partial charge is 0.289 e. The maximum atomic E-state index is 12.4. The van der Waals surface area contributed by atoms with Crippen LogP contribution in [0.25, 0.3) is 0 Å². The summed E-state index contributed by atoms with van der Waals surface area (Å²) in [7, 11) is 1.59. The van der Waals surface area contributed by atoms with Crippen LogP contribution in [0, 0.1) is 5.41 Å². The van der Waals surface area contributed by atoms with Crippen LogP contribution in [0.3, 0.4) is 0 Å². The van der Waals surface area contributed by atoms with E-state index in [4.69, 9.17) is 10.2 Å². The van der Waals surface area contributed by atoms with Gasteiger partial charge in [-0.1, -0.05) is 13.8 Å². The number of rotatable bonds is 3. The number of carbonyl (C=O) groups is 2. The molecule has 2 amide bonds. The van der Waals surface area contributed by atoms with Crippen molar-refractivity contribution in [3.05, 3.63) is 22.6 Å². The van der Waals surface area contributed by atoms with Crippen LogP contribution in [-0.2, 0) is 4.79 Å². The van der Waals surface area contributed by atoms with Crippen molar-refractivity contribution in [2.75, 3.05) is 26.7 Å². The highest BCUT2D eigenvalue weighted by molar-refractivity contribution is 9.10. The molecule has 1 aromatic heterocycles. The summed E-state index contributed by atoms with van der Waals surface area (Å²) in [6.07, 6.45) is 0.779. The number of halogens is 2. The summed E-state index contributed by atoms with van der Waals surface area (Å²) in [6, 6.07) is 3.32. The van der Waals surface area contributed by atoms with Crippen molar-refractivity contribution < 1.29 is 14.0 Å². The van der Waals surface area contributed by atoms with Crippen molar-refractivity contribution >= 4 is 40.2 Å². The summed E-state index contributed by atoms with van der Waals surface area (Å²) >= 11 is 3.16. The van der Waals surface area contributed by atoms with Crippen LogP contribution in [0.1, 0.15) is 30.8 Å². The lowest BCUT2D eigenvalue weighted by atomic mass is 9.79. The van der Waals surface area contributed by atoms with Gasteiger partial charge >= 0.3 is 0 Å². The molecular weight excluding hydrogens is 386 g/mol. The highest BCUT2D eigenvalue weighted by Crippen LogP contribution is 2.27. The van der Waals surface area contributed by atoms with Crippen LogP contribution in [0.4, 0.5) is 0 Å². The predicted octanol–water partition coefficient (Wildman–Crippen LogP) is 2.12. The number of amides is 2. The number of hydrogen-bond donors (Lipinski definition) is 1. The third-order valence-corrected chi connectivity index (χ3v) is 4.59. The van der Waals surface area contributed by atoms with Gasteiger partial charge in [-0.05, 0) is 39.9 Å². The highest BCUT2D eigenvalue weighted by Gasteiger charge is 2.35. The molecule has 0 aromatic carbocycles. The Morgan fingerprint density at radius 2 is 2.13 bits per heavy atom. The van der Waals surface area contributed by atoms with Crippen LogP contribution in [-0.4, -0.2) is 54.3 Å². The summed E-state index contributed by atoms with van der Waals surface area (Å²) in [5.41, 5.74) is 5.97. The van der Waals surface area contributed by atoms with E-state index in [9.17, 15) is 9.59 Å². The quantitative estimate of drug-likeness (QED) is 0.831. The number of piperidine rings is 1. The summed E-state index contributed by atoms with van der Waals surface area (Å²) in [5.74, 6) is -0.170. The van der Waals surface area contributed by atoms with Crippen LogP contribution in [0.15, 0.2) is 21.2 Å². The average molecular weight is 409 g/mol. The molecular formula is C15H23BrClN3O3. The molecule has 0 bridgehead atoms. The average Bonchev–Trinajstić information content (AvgIpc) is 2.87. The van der Waals surface area contributed by atoms with Crippen molar-refractivity contribution in [3.8, 4) is 0 Å². The van der Waals surface area contributed by atoms with E-state index in [-0.39, 0.29) is 48.0 Å². The van der Waals surface area contributed by atoms with Crippen molar-refractivity contribution in [2.24, 2.45) is 11.1 Å². The maximum Gasteiger partial charge on any atom is 0.289 e. The van der Waals surface area contributed by atoms with E-state index < -0.39 is 0 Å². The van der Waals surface area contributed by atoms with Gasteiger partial charge in [0.25, 0.3) is 5.91 Å². The van der Waals surface area contributed by atoms with Gasteiger partial charge in [0.1, 0.15) is 0 Å². The Bertz CT molecular complexity index is 576. The molecule has 2 N–H and O–H groups in total. The topological polar surface area (TPSA) is 79.8 Å². The molecule has 6 nitrogen and oxygen atoms in total. The molecule has 8 heteroatoms. The fourth-order valence-corrected chi connectivity index (χ4v) is 2.89. The number of likely N-dealkylation sites (N-methyl/N-ethyl adjacent to an activating group) is 1. The van der Waals surface area contributed by atoms with Crippen molar-refractivity contribution in [2.45, 2.75) is 26.3 Å².